The van der Waals surface area contributed by atoms with Crippen LogP contribution in [0, 0.1) is 5.92 Å². The number of likely N-dealkylation sites (N-methyl/N-ethyl adjacent to an activating group) is 1. The molecule has 2 aromatic rings. The van der Waals surface area contributed by atoms with Crippen LogP contribution in [-0.2, 0) is 20.8 Å². The van der Waals surface area contributed by atoms with Crippen LogP contribution in [0.1, 0.15) is 65.8 Å². The van der Waals surface area contributed by atoms with E-state index in [2.05, 4.69) is 31.9 Å². The van der Waals surface area contributed by atoms with Gasteiger partial charge in [-0.3, -0.25) is 28.9 Å². The molecule has 0 aromatic heterocycles. The minimum absolute atomic E-state index is 0.122. The molecule has 5 amide bonds. The van der Waals surface area contributed by atoms with Crippen LogP contribution in [0.2, 0.25) is 0 Å². The number of halogens is 1. The number of amides is 5. The van der Waals surface area contributed by atoms with Crippen LogP contribution in [0.4, 0.5) is 0 Å². The van der Waals surface area contributed by atoms with Crippen molar-refractivity contribution in [3.63, 3.8) is 0 Å². The first-order valence-corrected chi connectivity index (χ1v) is 14.5. The summed E-state index contributed by atoms with van der Waals surface area (Å²) in [6.45, 7) is 4.18. The molecule has 0 radical (unpaired) electrons. The summed E-state index contributed by atoms with van der Waals surface area (Å²) < 4.78 is 0. The number of rotatable bonds is 14. The Morgan fingerprint density at radius 3 is 1.95 bits per heavy atom. The number of nitrogens with one attached hydrogen (secondary N) is 3. The third-order valence-corrected chi connectivity index (χ3v) is 7.63. The van der Waals surface area contributed by atoms with Crippen molar-refractivity contribution >= 4 is 45.5 Å². The van der Waals surface area contributed by atoms with Gasteiger partial charge in [0, 0.05) is 20.0 Å². The van der Waals surface area contributed by atoms with Crippen LogP contribution in [0.5, 0.6) is 0 Å². The third-order valence-electron chi connectivity index (χ3n) is 6.75. The van der Waals surface area contributed by atoms with Crippen molar-refractivity contribution in [1.29, 1.82) is 0 Å². The lowest BCUT2D eigenvalue weighted by Gasteiger charge is -2.25. The van der Waals surface area contributed by atoms with E-state index in [1.807, 2.05) is 44.2 Å². The zero-order chi connectivity index (χ0) is 29.2. The molecule has 3 N–H and O–H groups in total. The van der Waals surface area contributed by atoms with Crippen LogP contribution in [0.25, 0.3) is 0 Å². The first-order chi connectivity index (χ1) is 19.1. The number of nitrogens with zero attached hydrogens (tertiary/aromatic N) is 1. The zero-order valence-corrected chi connectivity index (χ0v) is 24.7. The fraction of sp³-hybridized carbons (Fsp3) is 0.433. The van der Waals surface area contributed by atoms with Gasteiger partial charge in [0.25, 0.3) is 11.8 Å². The molecule has 214 valence electrons. The summed E-state index contributed by atoms with van der Waals surface area (Å²) in [5, 5.41) is 8.24. The molecule has 2 aromatic carbocycles. The van der Waals surface area contributed by atoms with E-state index >= 15 is 0 Å². The molecule has 0 fully saturated rings. The second kappa shape index (κ2) is 14.7. The topological polar surface area (TPSA) is 125 Å². The molecule has 1 aliphatic rings. The lowest BCUT2D eigenvalue weighted by atomic mass is 10.0. The van der Waals surface area contributed by atoms with E-state index < -0.39 is 22.8 Å². The van der Waals surface area contributed by atoms with Gasteiger partial charge in [-0.05, 0) is 42.9 Å². The molecule has 40 heavy (non-hydrogen) atoms. The second-order valence-electron chi connectivity index (χ2n) is 10.3. The molecular weight excluding hydrogens is 576 g/mol. The van der Waals surface area contributed by atoms with Gasteiger partial charge >= 0.3 is 0 Å². The molecule has 0 aliphatic carbocycles. The highest BCUT2D eigenvalue weighted by Crippen LogP contribution is 2.23. The lowest BCUT2D eigenvalue weighted by molar-refractivity contribution is -0.132. The molecule has 0 bridgehead atoms. The number of hydrogen-bond donors (Lipinski definition) is 3. The SMILES string of the molecule is CNC(=O)[C@H](Cc1ccccc1)NC(=O)[C@H](CC(C)C)NC(=O)C(Br)CCCCN1C(=O)c2ccccc2C1=O. The number of hydrogen-bond acceptors (Lipinski definition) is 5. The summed E-state index contributed by atoms with van der Waals surface area (Å²) in [4.78, 5) is 64.4. The summed E-state index contributed by atoms with van der Waals surface area (Å²) in [7, 11) is 1.52. The first-order valence-electron chi connectivity index (χ1n) is 13.6. The van der Waals surface area contributed by atoms with Crippen LogP contribution in [0.3, 0.4) is 0 Å². The highest BCUT2D eigenvalue weighted by atomic mass is 79.9. The van der Waals surface area contributed by atoms with Crippen molar-refractivity contribution in [3.8, 4) is 0 Å². The van der Waals surface area contributed by atoms with Gasteiger partial charge in [-0.2, -0.15) is 0 Å². The Kier molecular flexibility index (Phi) is 11.4. The van der Waals surface area contributed by atoms with Gasteiger partial charge in [0.2, 0.25) is 17.7 Å². The maximum absolute atomic E-state index is 13.2. The van der Waals surface area contributed by atoms with Crippen LogP contribution in [-0.4, -0.2) is 64.9 Å². The molecule has 3 rings (SSSR count). The quantitative estimate of drug-likeness (QED) is 0.172. The predicted molar refractivity (Wildman–Crippen MR) is 156 cm³/mol. The van der Waals surface area contributed by atoms with E-state index in [4.69, 9.17) is 0 Å². The molecule has 0 saturated heterocycles. The fourth-order valence-corrected chi connectivity index (χ4v) is 5.09. The van der Waals surface area contributed by atoms with Gasteiger partial charge in [-0.25, -0.2) is 0 Å². The summed E-state index contributed by atoms with van der Waals surface area (Å²) in [6.07, 6.45) is 2.32. The monoisotopic (exact) mass is 612 g/mol. The second-order valence-corrected chi connectivity index (χ2v) is 11.4. The zero-order valence-electron chi connectivity index (χ0n) is 23.1. The van der Waals surface area contributed by atoms with Crippen LogP contribution in [0.15, 0.2) is 54.6 Å². The van der Waals surface area contributed by atoms with Gasteiger partial charge in [-0.15, -0.1) is 0 Å². The smallest absolute Gasteiger partial charge is 0.261 e. The summed E-state index contributed by atoms with van der Waals surface area (Å²) in [5.41, 5.74) is 1.74. The molecule has 3 atom stereocenters. The Bertz CT molecular complexity index is 1180. The van der Waals surface area contributed by atoms with Crippen molar-refractivity contribution < 1.29 is 24.0 Å². The molecule has 1 aliphatic heterocycles. The lowest BCUT2D eigenvalue weighted by Crippen LogP contribution is -2.55. The molecule has 1 heterocycles. The predicted octanol–water partition coefficient (Wildman–Crippen LogP) is 3.22. The van der Waals surface area contributed by atoms with Gasteiger partial charge < -0.3 is 16.0 Å². The Hall–Kier alpha value is -3.53. The average Bonchev–Trinajstić information content (AvgIpc) is 3.19. The molecule has 0 spiro atoms. The summed E-state index contributed by atoms with van der Waals surface area (Å²) >= 11 is 3.42. The van der Waals surface area contributed by atoms with Gasteiger partial charge in [-0.1, -0.05) is 78.7 Å². The summed E-state index contributed by atoms with van der Waals surface area (Å²) in [5.74, 6) is -1.53. The average molecular weight is 614 g/mol. The molecular formula is C30H37BrN4O5. The number of carbonyl (C=O) groups excluding carboxylic acids is 5. The highest BCUT2D eigenvalue weighted by Gasteiger charge is 2.34. The minimum atomic E-state index is -0.811. The number of imide groups is 1. The fourth-order valence-electron chi connectivity index (χ4n) is 4.64. The Balaban J connectivity index is 1.52. The van der Waals surface area contributed by atoms with Gasteiger partial charge in [0.15, 0.2) is 0 Å². The van der Waals surface area contributed by atoms with Crippen molar-refractivity contribution in [3.05, 3.63) is 71.3 Å². The van der Waals surface area contributed by atoms with Gasteiger partial charge in [0.05, 0.1) is 16.0 Å². The third kappa shape index (κ3) is 8.24. The van der Waals surface area contributed by atoms with E-state index in [0.29, 0.717) is 43.2 Å². The maximum atomic E-state index is 13.2. The molecule has 0 saturated carbocycles. The standard InChI is InChI=1S/C30H37BrN4O5/c1-19(2)17-24(28(38)34-25(27(37)32-3)18-20-11-5-4-6-12-20)33-26(36)23(31)15-9-10-16-35-29(39)21-13-7-8-14-22(21)30(35)40/h4-8,11-14,19,23-25H,9-10,15-18H2,1-3H3,(H,32,37)(H,33,36)(H,34,38)/t23?,24-,25-/m0/s1. The van der Waals surface area contributed by atoms with Crippen molar-refractivity contribution in [1.82, 2.24) is 20.9 Å². The van der Waals surface area contributed by atoms with Crippen molar-refractivity contribution in [2.24, 2.45) is 5.92 Å². The number of alkyl halides is 1. The number of benzene rings is 2. The normalized spacial score (nSPS) is 14.9. The van der Waals surface area contributed by atoms with Gasteiger partial charge in [0.1, 0.15) is 12.1 Å². The first kappa shape index (κ1) is 31.0. The summed E-state index contributed by atoms with van der Waals surface area (Å²) in [6, 6.07) is 14.6. The Morgan fingerprint density at radius 2 is 1.38 bits per heavy atom. The van der Waals surface area contributed by atoms with E-state index in [-0.39, 0.29) is 36.1 Å². The van der Waals surface area contributed by atoms with Crippen molar-refractivity contribution in [2.45, 2.75) is 62.9 Å². The molecule has 10 heteroatoms. The van der Waals surface area contributed by atoms with E-state index in [0.717, 1.165) is 5.56 Å². The number of unbranched alkanes of at least 4 members (excludes halogenated alkanes) is 1. The van der Waals surface area contributed by atoms with E-state index in [1.54, 1.807) is 24.3 Å². The van der Waals surface area contributed by atoms with Crippen LogP contribution >= 0.6 is 15.9 Å². The van der Waals surface area contributed by atoms with Crippen LogP contribution < -0.4 is 16.0 Å². The largest absolute Gasteiger partial charge is 0.357 e. The molecule has 9 nitrogen and oxygen atoms in total. The highest BCUT2D eigenvalue weighted by molar-refractivity contribution is 9.10. The Labute approximate surface area is 243 Å². The molecule has 1 unspecified atom stereocenters. The minimum Gasteiger partial charge on any atom is -0.357 e. The number of carbonyl (C=O) groups is 5. The number of fused-ring (bicyclic) bond motifs is 1. The van der Waals surface area contributed by atoms with E-state index in [1.165, 1.54) is 11.9 Å². The van der Waals surface area contributed by atoms with Crippen molar-refractivity contribution in [2.75, 3.05) is 13.6 Å². The van der Waals surface area contributed by atoms with E-state index in [9.17, 15) is 24.0 Å². The maximum Gasteiger partial charge on any atom is 0.261 e. The Morgan fingerprint density at radius 1 is 0.800 bits per heavy atom.